The molecule has 0 amide bonds. The average molecular weight is 754 g/mol. The summed E-state index contributed by atoms with van der Waals surface area (Å²) in [4.78, 5) is 37.4. The molecule has 0 aromatic rings. The van der Waals surface area contributed by atoms with Crippen molar-refractivity contribution in [2.45, 2.75) is 161 Å². The molecule has 0 saturated heterocycles. The van der Waals surface area contributed by atoms with Crippen molar-refractivity contribution in [3.8, 4) is 0 Å². The van der Waals surface area contributed by atoms with Gasteiger partial charge in [0.15, 0.2) is 6.10 Å². The van der Waals surface area contributed by atoms with E-state index in [1.165, 1.54) is 32.1 Å². The number of nitrogens with zero attached hydrogens (tertiary/aromatic N) is 1. The lowest BCUT2D eigenvalue weighted by molar-refractivity contribution is -0.870. The highest BCUT2D eigenvalue weighted by Gasteiger charge is 2.21. The molecule has 0 bridgehead atoms. The van der Waals surface area contributed by atoms with Crippen LogP contribution < -0.4 is 4.89 Å². The molecule has 0 spiro atoms. The molecular weight excluding hydrogens is 677 g/mol. The van der Waals surface area contributed by atoms with Crippen LogP contribution in [0, 0.1) is 0 Å². The van der Waals surface area contributed by atoms with Gasteiger partial charge in [-0.05, 0) is 70.6 Å². The molecule has 0 saturated carbocycles. The minimum Gasteiger partial charge on any atom is -0.756 e. The normalized spacial score (nSPS) is 14.2. The third-order valence-corrected chi connectivity index (χ3v) is 9.30. The highest BCUT2D eigenvalue weighted by Crippen LogP contribution is 2.38. The summed E-state index contributed by atoms with van der Waals surface area (Å²) < 4.78 is 33.8. The molecule has 302 valence electrons. The summed E-state index contributed by atoms with van der Waals surface area (Å²) in [6.45, 7) is 4.05. The third-order valence-electron chi connectivity index (χ3n) is 8.33. The van der Waals surface area contributed by atoms with E-state index in [-0.39, 0.29) is 26.1 Å². The fourth-order valence-electron chi connectivity index (χ4n) is 5.13. The quantitative estimate of drug-likeness (QED) is 0.0204. The van der Waals surface area contributed by atoms with E-state index < -0.39 is 32.5 Å². The number of esters is 2. The molecule has 0 aliphatic heterocycles. The van der Waals surface area contributed by atoms with Crippen LogP contribution in [0.3, 0.4) is 0 Å². The van der Waals surface area contributed by atoms with Gasteiger partial charge >= 0.3 is 11.9 Å². The van der Waals surface area contributed by atoms with Crippen LogP contribution in [-0.2, 0) is 32.7 Å². The van der Waals surface area contributed by atoms with E-state index in [4.69, 9.17) is 18.5 Å². The van der Waals surface area contributed by atoms with Gasteiger partial charge in [0.1, 0.15) is 19.8 Å². The van der Waals surface area contributed by atoms with Gasteiger partial charge < -0.3 is 27.9 Å². The Kier molecular flexibility index (Phi) is 33.4. The first-order valence-electron chi connectivity index (χ1n) is 20.3. The van der Waals surface area contributed by atoms with E-state index in [2.05, 4.69) is 62.5 Å². The monoisotopic (exact) mass is 754 g/mol. The van der Waals surface area contributed by atoms with Crippen LogP contribution in [-0.4, -0.2) is 70.0 Å². The fraction of sp³-hybridized carbons (Fsp3) is 0.762. The van der Waals surface area contributed by atoms with E-state index in [0.717, 1.165) is 83.5 Å². The third kappa shape index (κ3) is 37.7. The SMILES string of the molecule is CC/C=C\C/C=C\C/C=C\CCCCCCCC(=O)O[C@H](COC(=O)CCCCCCC/C=C\CCCCCC)COP(=O)([O-])OCC[N+](C)(C)C. The van der Waals surface area contributed by atoms with Gasteiger partial charge in [0.05, 0.1) is 27.7 Å². The van der Waals surface area contributed by atoms with Crippen LogP contribution in [0.4, 0.5) is 0 Å². The number of rotatable bonds is 36. The predicted octanol–water partition coefficient (Wildman–Crippen LogP) is 10.5. The van der Waals surface area contributed by atoms with Gasteiger partial charge in [-0.25, -0.2) is 0 Å². The number of likely N-dealkylation sites (N-methyl/N-ethyl adjacent to an activating group) is 1. The standard InChI is InChI=1S/C42H76NO8P/c1-6-8-10-12-14-16-18-20-21-23-25-27-29-31-33-35-42(45)51-40(39-50-52(46,47)49-37-36-43(3,4)5)38-48-41(44)34-32-30-28-26-24-22-19-17-15-13-11-9-7-2/h8,10,14,16-17,19-21,40H,6-7,9,11-13,15,18,22-39H2,1-5H3/b10-8-,16-14-,19-17-,21-20-/t40-/m1/s1. The number of carbonyl (C=O) groups excluding carboxylic acids is 2. The van der Waals surface area contributed by atoms with Crippen molar-refractivity contribution in [2.24, 2.45) is 0 Å². The topological polar surface area (TPSA) is 111 Å². The van der Waals surface area contributed by atoms with Crippen LogP contribution in [0.5, 0.6) is 0 Å². The number of hydrogen-bond donors (Lipinski definition) is 0. The maximum Gasteiger partial charge on any atom is 0.306 e. The van der Waals surface area contributed by atoms with Crippen molar-refractivity contribution >= 4 is 19.8 Å². The van der Waals surface area contributed by atoms with Gasteiger partial charge in [0, 0.05) is 12.8 Å². The van der Waals surface area contributed by atoms with Gasteiger partial charge in [-0.1, -0.05) is 120 Å². The molecule has 9 nitrogen and oxygen atoms in total. The Balaban J connectivity index is 4.46. The lowest BCUT2D eigenvalue weighted by Gasteiger charge is -2.28. The van der Waals surface area contributed by atoms with Crippen molar-refractivity contribution in [1.29, 1.82) is 0 Å². The number of allylic oxidation sites excluding steroid dienone is 8. The zero-order valence-electron chi connectivity index (χ0n) is 33.7. The molecule has 0 rings (SSSR count). The fourth-order valence-corrected chi connectivity index (χ4v) is 5.86. The van der Waals surface area contributed by atoms with Crippen LogP contribution >= 0.6 is 7.82 Å². The maximum absolute atomic E-state index is 12.6. The Hall–Kier alpha value is -2.03. The summed E-state index contributed by atoms with van der Waals surface area (Å²) in [7, 11) is 1.14. The zero-order valence-corrected chi connectivity index (χ0v) is 34.6. The van der Waals surface area contributed by atoms with Crippen molar-refractivity contribution in [1.82, 2.24) is 0 Å². The largest absolute Gasteiger partial charge is 0.756 e. The number of hydrogen-bond acceptors (Lipinski definition) is 8. The Morgan fingerprint density at radius 2 is 1.10 bits per heavy atom. The molecule has 0 aromatic heterocycles. The summed E-state index contributed by atoms with van der Waals surface area (Å²) >= 11 is 0. The number of phosphoric acid groups is 1. The lowest BCUT2D eigenvalue weighted by Crippen LogP contribution is -2.37. The average Bonchev–Trinajstić information content (AvgIpc) is 3.09. The molecule has 0 N–H and O–H groups in total. The van der Waals surface area contributed by atoms with Crippen molar-refractivity contribution in [3.63, 3.8) is 0 Å². The van der Waals surface area contributed by atoms with Crippen LogP contribution in [0.15, 0.2) is 48.6 Å². The molecule has 0 aliphatic rings. The first-order chi connectivity index (χ1) is 25.0. The van der Waals surface area contributed by atoms with Crippen LogP contribution in [0.25, 0.3) is 0 Å². The summed E-state index contributed by atoms with van der Waals surface area (Å²) in [5.41, 5.74) is 0. The first kappa shape index (κ1) is 50.0. The number of quaternary nitrogens is 1. The zero-order chi connectivity index (χ0) is 38.6. The molecule has 0 fully saturated rings. The second kappa shape index (κ2) is 34.7. The molecule has 0 aromatic carbocycles. The molecule has 0 aliphatic carbocycles. The predicted molar refractivity (Wildman–Crippen MR) is 213 cm³/mol. The summed E-state index contributed by atoms with van der Waals surface area (Å²) in [6.07, 6.45) is 38.5. The molecule has 1 unspecified atom stereocenters. The second-order valence-corrected chi connectivity index (χ2v) is 16.0. The Labute approximate surface area is 318 Å². The Morgan fingerprint density at radius 1 is 0.615 bits per heavy atom. The molecule has 0 radical (unpaired) electrons. The number of unbranched alkanes of at least 4 members (excludes halogenated alkanes) is 14. The summed E-state index contributed by atoms with van der Waals surface area (Å²) in [5.74, 6) is -0.869. The van der Waals surface area contributed by atoms with E-state index in [1.807, 2.05) is 21.1 Å². The highest BCUT2D eigenvalue weighted by atomic mass is 31.2. The van der Waals surface area contributed by atoms with Gasteiger partial charge in [-0.15, -0.1) is 0 Å². The number of phosphoric ester groups is 1. The van der Waals surface area contributed by atoms with E-state index >= 15 is 0 Å². The number of carbonyl (C=O) groups is 2. The highest BCUT2D eigenvalue weighted by molar-refractivity contribution is 7.45. The number of ether oxygens (including phenoxy) is 2. The van der Waals surface area contributed by atoms with E-state index in [1.54, 1.807) is 0 Å². The molecule has 0 heterocycles. The molecule has 52 heavy (non-hydrogen) atoms. The van der Waals surface area contributed by atoms with Crippen molar-refractivity contribution in [2.75, 3.05) is 47.5 Å². The van der Waals surface area contributed by atoms with Gasteiger partial charge in [-0.2, -0.15) is 0 Å². The van der Waals surface area contributed by atoms with Crippen molar-refractivity contribution in [3.05, 3.63) is 48.6 Å². The van der Waals surface area contributed by atoms with Gasteiger partial charge in [0.2, 0.25) is 0 Å². The van der Waals surface area contributed by atoms with Crippen LogP contribution in [0.2, 0.25) is 0 Å². The molecular formula is C42H76NO8P. The van der Waals surface area contributed by atoms with Gasteiger partial charge in [-0.3, -0.25) is 14.2 Å². The Morgan fingerprint density at radius 3 is 1.65 bits per heavy atom. The first-order valence-corrected chi connectivity index (χ1v) is 21.8. The van der Waals surface area contributed by atoms with Crippen molar-refractivity contribution < 1.29 is 42.1 Å². The summed E-state index contributed by atoms with van der Waals surface area (Å²) in [5, 5.41) is 0. The minimum atomic E-state index is -4.63. The summed E-state index contributed by atoms with van der Waals surface area (Å²) in [6, 6.07) is 0. The van der Waals surface area contributed by atoms with Gasteiger partial charge in [0.25, 0.3) is 7.82 Å². The Bertz CT molecular complexity index is 1030. The smallest absolute Gasteiger partial charge is 0.306 e. The van der Waals surface area contributed by atoms with E-state index in [9.17, 15) is 19.0 Å². The van der Waals surface area contributed by atoms with E-state index in [0.29, 0.717) is 23.9 Å². The lowest BCUT2D eigenvalue weighted by atomic mass is 10.1. The minimum absolute atomic E-state index is 0.0373. The second-order valence-electron chi connectivity index (χ2n) is 14.6. The maximum atomic E-state index is 12.6. The molecule has 10 heteroatoms. The van der Waals surface area contributed by atoms with Crippen LogP contribution in [0.1, 0.15) is 155 Å². The molecule has 2 atom stereocenters.